The molecule has 0 amide bonds. The molecule has 2 aromatic heterocycles. The number of imidazole rings is 1. The number of para-hydroxylation sites is 3. The molecule has 1 unspecified atom stereocenters. The summed E-state index contributed by atoms with van der Waals surface area (Å²) in [5.74, 6) is 0.608. The van der Waals surface area contributed by atoms with Gasteiger partial charge in [0.25, 0.3) is 5.56 Å². The van der Waals surface area contributed by atoms with Crippen LogP contribution in [0.1, 0.15) is 46.0 Å². The molecule has 0 aliphatic carbocycles. The molecule has 4 rings (SSSR count). The summed E-state index contributed by atoms with van der Waals surface area (Å²) in [6, 6.07) is 18.0. The van der Waals surface area contributed by atoms with Crippen molar-refractivity contribution in [2.45, 2.75) is 52.0 Å². The first-order valence-corrected chi connectivity index (χ1v) is 10.6. The number of benzene rings is 2. The molecule has 0 fully saturated rings. The van der Waals surface area contributed by atoms with Gasteiger partial charge in [-0.25, -0.2) is 9.66 Å². The van der Waals surface area contributed by atoms with Gasteiger partial charge in [0, 0.05) is 11.4 Å². The first-order chi connectivity index (χ1) is 14.2. The third-order valence-electron chi connectivity index (χ3n) is 5.52. The number of H-pyrrole nitrogens is 1. The Morgan fingerprint density at radius 1 is 1.07 bits per heavy atom. The van der Waals surface area contributed by atoms with Crippen LogP contribution in [-0.4, -0.2) is 20.7 Å². The molecule has 2 heterocycles. The van der Waals surface area contributed by atoms with Gasteiger partial charge in [-0.15, -0.1) is 0 Å². The number of pyridine rings is 1. The Morgan fingerprint density at radius 3 is 2.66 bits per heavy atom. The molecule has 0 saturated carbocycles. The van der Waals surface area contributed by atoms with Crippen LogP contribution in [0.4, 0.5) is 0 Å². The van der Waals surface area contributed by atoms with Crippen molar-refractivity contribution < 1.29 is 0 Å². The molecule has 1 atom stereocenters. The predicted octanol–water partition coefficient (Wildman–Crippen LogP) is 5.45. The van der Waals surface area contributed by atoms with Gasteiger partial charge in [0.15, 0.2) is 0 Å². The monoisotopic (exact) mass is 388 g/mol. The molecule has 0 bridgehead atoms. The zero-order valence-corrected chi connectivity index (χ0v) is 17.1. The predicted molar refractivity (Wildman–Crippen MR) is 121 cm³/mol. The normalized spacial score (nSPS) is 12.5. The summed E-state index contributed by atoms with van der Waals surface area (Å²) >= 11 is 0. The number of aromatic nitrogens is 3. The molecule has 150 valence electrons. The minimum absolute atomic E-state index is 0.0725. The minimum Gasteiger partial charge on any atom is -0.338 e. The van der Waals surface area contributed by atoms with Crippen LogP contribution in [0.3, 0.4) is 0 Å². The Kier molecular flexibility index (Phi) is 5.65. The number of rotatable bonds is 8. The highest BCUT2D eigenvalue weighted by Crippen LogP contribution is 2.22. The van der Waals surface area contributed by atoms with E-state index in [4.69, 9.17) is 0 Å². The fraction of sp³-hybridized carbons (Fsp3) is 0.333. The molecule has 5 heteroatoms. The van der Waals surface area contributed by atoms with Crippen LogP contribution < -0.4 is 11.0 Å². The molecule has 29 heavy (non-hydrogen) atoms. The zero-order valence-electron chi connectivity index (χ0n) is 17.1. The SMILES string of the molecule is CCCCCC(CC)Nn1c(=O)c(-c2nc3ccccc3[nH]2)cc2ccccc21. The van der Waals surface area contributed by atoms with E-state index in [2.05, 4.69) is 29.2 Å². The molecular weight excluding hydrogens is 360 g/mol. The Morgan fingerprint density at radius 2 is 1.86 bits per heavy atom. The maximum atomic E-state index is 13.5. The van der Waals surface area contributed by atoms with Gasteiger partial charge in [-0.1, -0.05) is 63.4 Å². The molecular formula is C24H28N4O. The standard InChI is InChI=1S/C24H28N4O/c1-3-5-6-12-18(4-2)27-28-22-15-10-7-11-17(22)16-19(24(28)29)23-25-20-13-8-9-14-21(20)26-23/h7-11,13-16,18,27H,3-6,12H2,1-2H3,(H,25,26). The quantitative estimate of drug-likeness (QED) is 0.395. The summed E-state index contributed by atoms with van der Waals surface area (Å²) in [6.45, 7) is 4.38. The van der Waals surface area contributed by atoms with E-state index in [0.29, 0.717) is 11.4 Å². The van der Waals surface area contributed by atoms with Crippen molar-refractivity contribution in [3.63, 3.8) is 0 Å². The molecule has 0 aliphatic heterocycles. The van der Waals surface area contributed by atoms with Crippen molar-refractivity contribution >= 4 is 21.9 Å². The fourth-order valence-corrected chi connectivity index (χ4v) is 3.82. The van der Waals surface area contributed by atoms with E-state index >= 15 is 0 Å². The van der Waals surface area contributed by atoms with Gasteiger partial charge in [-0.3, -0.25) is 4.79 Å². The van der Waals surface area contributed by atoms with Crippen LogP contribution in [0.15, 0.2) is 59.4 Å². The van der Waals surface area contributed by atoms with Gasteiger partial charge < -0.3 is 10.4 Å². The number of nitrogens with zero attached hydrogens (tertiary/aromatic N) is 2. The van der Waals surface area contributed by atoms with E-state index in [1.807, 2.05) is 54.6 Å². The lowest BCUT2D eigenvalue weighted by atomic mass is 10.1. The Labute approximate surface area is 170 Å². The lowest BCUT2D eigenvalue weighted by molar-refractivity contribution is 0.536. The highest BCUT2D eigenvalue weighted by Gasteiger charge is 2.16. The van der Waals surface area contributed by atoms with Gasteiger partial charge in [-0.05, 0) is 37.1 Å². The van der Waals surface area contributed by atoms with Crippen LogP contribution in [0.25, 0.3) is 33.3 Å². The van der Waals surface area contributed by atoms with Crippen molar-refractivity contribution in [3.8, 4) is 11.4 Å². The topological polar surface area (TPSA) is 62.7 Å². The molecule has 0 aliphatic rings. The van der Waals surface area contributed by atoms with Crippen molar-refractivity contribution in [1.29, 1.82) is 0 Å². The van der Waals surface area contributed by atoms with Crippen LogP contribution in [0.2, 0.25) is 0 Å². The molecule has 2 aromatic carbocycles. The highest BCUT2D eigenvalue weighted by molar-refractivity contribution is 5.85. The average Bonchev–Trinajstić information content (AvgIpc) is 3.18. The minimum atomic E-state index is -0.0725. The van der Waals surface area contributed by atoms with Gasteiger partial charge in [-0.2, -0.15) is 0 Å². The lowest BCUT2D eigenvalue weighted by Crippen LogP contribution is -2.36. The fourth-order valence-electron chi connectivity index (χ4n) is 3.82. The van der Waals surface area contributed by atoms with E-state index in [1.54, 1.807) is 4.68 Å². The van der Waals surface area contributed by atoms with Gasteiger partial charge in [0.05, 0.1) is 22.1 Å². The van der Waals surface area contributed by atoms with E-state index in [9.17, 15) is 4.79 Å². The molecule has 2 N–H and O–H groups in total. The number of hydrogen-bond donors (Lipinski definition) is 2. The number of nitrogens with one attached hydrogen (secondary N) is 2. The summed E-state index contributed by atoms with van der Waals surface area (Å²) in [5, 5.41) is 1.01. The highest BCUT2D eigenvalue weighted by atomic mass is 16.1. The second-order valence-corrected chi connectivity index (χ2v) is 7.59. The second-order valence-electron chi connectivity index (χ2n) is 7.59. The largest absolute Gasteiger partial charge is 0.338 e. The third-order valence-corrected chi connectivity index (χ3v) is 5.52. The Balaban J connectivity index is 1.80. The van der Waals surface area contributed by atoms with E-state index in [-0.39, 0.29) is 11.6 Å². The summed E-state index contributed by atoms with van der Waals surface area (Å²) < 4.78 is 1.72. The molecule has 0 radical (unpaired) electrons. The molecule has 4 aromatic rings. The van der Waals surface area contributed by atoms with E-state index in [0.717, 1.165) is 41.2 Å². The zero-order chi connectivity index (χ0) is 20.2. The average molecular weight is 389 g/mol. The number of fused-ring (bicyclic) bond motifs is 2. The second kappa shape index (κ2) is 8.52. The summed E-state index contributed by atoms with van der Waals surface area (Å²) in [7, 11) is 0. The van der Waals surface area contributed by atoms with Crippen molar-refractivity contribution in [2.24, 2.45) is 0 Å². The van der Waals surface area contributed by atoms with Gasteiger partial charge in [0.2, 0.25) is 0 Å². The molecule has 0 saturated heterocycles. The summed E-state index contributed by atoms with van der Waals surface area (Å²) in [6.07, 6.45) is 5.60. The van der Waals surface area contributed by atoms with E-state index < -0.39 is 0 Å². The molecule has 0 spiro atoms. The lowest BCUT2D eigenvalue weighted by Gasteiger charge is -2.22. The first kappa shape index (κ1) is 19.2. The van der Waals surface area contributed by atoms with Crippen molar-refractivity contribution in [3.05, 3.63) is 65.0 Å². The van der Waals surface area contributed by atoms with E-state index in [1.165, 1.54) is 12.8 Å². The van der Waals surface area contributed by atoms with Crippen LogP contribution in [-0.2, 0) is 0 Å². The smallest absolute Gasteiger partial charge is 0.280 e. The van der Waals surface area contributed by atoms with Crippen molar-refractivity contribution in [1.82, 2.24) is 14.6 Å². The van der Waals surface area contributed by atoms with Gasteiger partial charge in [0.1, 0.15) is 5.82 Å². The first-order valence-electron chi connectivity index (χ1n) is 10.6. The van der Waals surface area contributed by atoms with Crippen molar-refractivity contribution in [2.75, 3.05) is 5.43 Å². The summed E-state index contributed by atoms with van der Waals surface area (Å²) in [4.78, 5) is 21.4. The molecule has 5 nitrogen and oxygen atoms in total. The third kappa shape index (κ3) is 3.90. The van der Waals surface area contributed by atoms with Crippen LogP contribution in [0.5, 0.6) is 0 Å². The maximum absolute atomic E-state index is 13.5. The Hall–Kier alpha value is -3.08. The van der Waals surface area contributed by atoms with Crippen LogP contribution in [0, 0.1) is 0 Å². The number of unbranched alkanes of at least 4 members (excludes halogenated alkanes) is 2. The number of hydrogen-bond acceptors (Lipinski definition) is 3. The van der Waals surface area contributed by atoms with Crippen LogP contribution >= 0.6 is 0 Å². The summed E-state index contributed by atoms with van der Waals surface area (Å²) in [5.41, 5.74) is 6.70. The number of aromatic amines is 1. The maximum Gasteiger partial charge on any atom is 0.280 e. The Bertz CT molecular complexity index is 1140. The van der Waals surface area contributed by atoms with Gasteiger partial charge >= 0.3 is 0 Å².